The maximum Gasteiger partial charge on any atom is 0.374 e. The van der Waals surface area contributed by atoms with E-state index in [9.17, 15) is 4.79 Å². The van der Waals surface area contributed by atoms with Crippen molar-refractivity contribution in [3.05, 3.63) is 5.82 Å². The summed E-state index contributed by atoms with van der Waals surface area (Å²) in [4.78, 5) is 17.3. The van der Waals surface area contributed by atoms with Gasteiger partial charge in [0.1, 0.15) is 0 Å². The van der Waals surface area contributed by atoms with Gasteiger partial charge in [0.05, 0.1) is 7.11 Å². The van der Waals surface area contributed by atoms with Crippen molar-refractivity contribution < 1.29 is 9.53 Å². The first-order valence-corrected chi connectivity index (χ1v) is 3.31. The molecule has 0 unspecified atom stereocenters. The van der Waals surface area contributed by atoms with Crippen molar-refractivity contribution in [3.8, 4) is 0 Å². The summed E-state index contributed by atoms with van der Waals surface area (Å²) in [7, 11) is 1.26. The quantitative estimate of drug-likeness (QED) is 0.556. The number of methoxy groups -OCH3 is 1. The fourth-order valence-electron chi connectivity index (χ4n) is 0.815. The number of nitrogens with zero attached hydrogens (tertiary/aromatic N) is 5. The van der Waals surface area contributed by atoms with E-state index in [1.807, 2.05) is 0 Å². The van der Waals surface area contributed by atoms with E-state index < -0.39 is 5.97 Å². The molecule has 2 aromatic rings. The monoisotopic (exact) mass is 180 g/mol. The standard InChI is InChI=1S/C5H4N6O2/c1-13-5(12)4-6-2-3(7-4)9-11-10-8-2/h1H3,(H,6,7,8,9,10,11). The highest BCUT2D eigenvalue weighted by atomic mass is 16.5. The van der Waals surface area contributed by atoms with Crippen LogP contribution in [0.25, 0.3) is 11.3 Å². The zero-order valence-corrected chi connectivity index (χ0v) is 6.55. The zero-order chi connectivity index (χ0) is 9.26. The van der Waals surface area contributed by atoms with Crippen molar-refractivity contribution in [3.63, 3.8) is 0 Å². The van der Waals surface area contributed by atoms with Crippen LogP contribution in [0.3, 0.4) is 0 Å². The van der Waals surface area contributed by atoms with Crippen LogP contribution in [0.15, 0.2) is 0 Å². The lowest BCUT2D eigenvalue weighted by Crippen LogP contribution is -2.02. The molecule has 2 heterocycles. The highest BCUT2D eigenvalue weighted by Gasteiger charge is 2.12. The average Bonchev–Trinajstić information content (AvgIpc) is 2.59. The van der Waals surface area contributed by atoms with E-state index in [1.54, 1.807) is 0 Å². The second kappa shape index (κ2) is 2.73. The van der Waals surface area contributed by atoms with Crippen LogP contribution in [0.2, 0.25) is 0 Å². The molecule has 2 aromatic heterocycles. The van der Waals surface area contributed by atoms with E-state index in [-0.39, 0.29) is 11.5 Å². The molecule has 2 rings (SSSR count). The summed E-state index contributed by atoms with van der Waals surface area (Å²) in [6.07, 6.45) is 0. The van der Waals surface area contributed by atoms with Crippen molar-refractivity contribution in [2.75, 3.05) is 7.11 Å². The molecular weight excluding hydrogens is 176 g/mol. The Morgan fingerprint density at radius 1 is 1.38 bits per heavy atom. The molecule has 0 saturated heterocycles. The van der Waals surface area contributed by atoms with Crippen LogP contribution in [0.1, 0.15) is 10.6 Å². The summed E-state index contributed by atoms with van der Waals surface area (Å²) in [5, 5.41) is 13.7. The smallest absolute Gasteiger partial charge is 0.374 e. The number of carbonyl (C=O) groups is 1. The number of aromatic amines is 1. The maximum atomic E-state index is 11.0. The number of fused-ring (bicyclic) bond motifs is 1. The summed E-state index contributed by atoms with van der Waals surface area (Å²) in [5.41, 5.74) is 0.533. The molecule has 0 aliphatic carbocycles. The molecule has 0 aliphatic heterocycles. The van der Waals surface area contributed by atoms with E-state index >= 15 is 0 Å². The predicted molar refractivity (Wildman–Crippen MR) is 38.6 cm³/mol. The molecule has 0 amide bonds. The Labute approximate surface area is 71.3 Å². The fourth-order valence-corrected chi connectivity index (χ4v) is 0.815. The van der Waals surface area contributed by atoms with Crippen LogP contribution in [-0.4, -0.2) is 43.7 Å². The molecule has 13 heavy (non-hydrogen) atoms. The Morgan fingerprint density at radius 3 is 2.85 bits per heavy atom. The van der Waals surface area contributed by atoms with Crippen LogP contribution in [0.4, 0.5) is 0 Å². The lowest BCUT2D eigenvalue weighted by atomic mass is 10.6. The van der Waals surface area contributed by atoms with Crippen molar-refractivity contribution in [2.24, 2.45) is 0 Å². The molecule has 0 radical (unpaired) electrons. The lowest BCUT2D eigenvalue weighted by Gasteiger charge is -1.89. The molecular formula is C5H4N6O2. The van der Waals surface area contributed by atoms with Gasteiger partial charge in [-0.15, -0.1) is 10.2 Å². The third-order valence-electron chi connectivity index (χ3n) is 1.37. The first-order chi connectivity index (χ1) is 6.31. The number of hydrogen-bond acceptors (Lipinski definition) is 7. The summed E-state index contributed by atoms with van der Waals surface area (Å²) < 4.78 is 4.44. The molecule has 0 fully saturated rings. The Hall–Kier alpha value is -2.12. The van der Waals surface area contributed by atoms with Crippen molar-refractivity contribution in [1.82, 2.24) is 30.6 Å². The Bertz CT molecular complexity index is 418. The number of nitrogens with one attached hydrogen (secondary N) is 1. The summed E-state index contributed by atoms with van der Waals surface area (Å²) >= 11 is 0. The van der Waals surface area contributed by atoms with Crippen LogP contribution in [-0.2, 0) is 4.74 Å². The molecule has 0 aliphatic rings. The van der Waals surface area contributed by atoms with Gasteiger partial charge in [0.2, 0.25) is 17.1 Å². The molecule has 1 N–H and O–H groups in total. The van der Waals surface area contributed by atoms with Crippen LogP contribution >= 0.6 is 0 Å². The van der Waals surface area contributed by atoms with Crippen LogP contribution in [0, 0.1) is 0 Å². The SMILES string of the molecule is COC(=O)c1nc2nnnnc2[nH]1. The van der Waals surface area contributed by atoms with E-state index in [0.29, 0.717) is 5.65 Å². The van der Waals surface area contributed by atoms with Gasteiger partial charge in [0.15, 0.2) is 0 Å². The average molecular weight is 180 g/mol. The maximum absolute atomic E-state index is 11.0. The van der Waals surface area contributed by atoms with Gasteiger partial charge in [-0.1, -0.05) is 0 Å². The van der Waals surface area contributed by atoms with Gasteiger partial charge in [0, 0.05) is 0 Å². The van der Waals surface area contributed by atoms with Gasteiger partial charge in [-0.3, -0.25) is 0 Å². The number of imidazole rings is 1. The van der Waals surface area contributed by atoms with Crippen LogP contribution in [0.5, 0.6) is 0 Å². The number of esters is 1. The lowest BCUT2D eigenvalue weighted by molar-refractivity contribution is 0.0588. The Kier molecular flexibility index (Phi) is 1.58. The summed E-state index contributed by atoms with van der Waals surface area (Å²) in [6.45, 7) is 0. The molecule has 66 valence electrons. The highest BCUT2D eigenvalue weighted by Crippen LogP contribution is 2.02. The predicted octanol–water partition coefficient (Wildman–Crippen LogP) is -1.07. The minimum atomic E-state index is -0.584. The second-order valence-electron chi connectivity index (χ2n) is 2.13. The summed E-state index contributed by atoms with van der Waals surface area (Å²) in [6, 6.07) is 0. The number of aromatic nitrogens is 6. The van der Waals surface area contributed by atoms with Gasteiger partial charge < -0.3 is 9.72 Å². The second-order valence-corrected chi connectivity index (χ2v) is 2.13. The zero-order valence-electron chi connectivity index (χ0n) is 6.55. The van der Waals surface area contributed by atoms with Crippen LogP contribution < -0.4 is 0 Å². The fraction of sp³-hybridized carbons (Fsp3) is 0.200. The molecule has 0 spiro atoms. The Balaban J connectivity index is 2.56. The first-order valence-electron chi connectivity index (χ1n) is 3.31. The van der Waals surface area contributed by atoms with E-state index in [4.69, 9.17) is 0 Å². The van der Waals surface area contributed by atoms with Crippen molar-refractivity contribution in [1.29, 1.82) is 0 Å². The normalized spacial score (nSPS) is 10.2. The topological polar surface area (TPSA) is 107 Å². The van der Waals surface area contributed by atoms with Gasteiger partial charge in [-0.2, -0.15) is 4.98 Å². The van der Waals surface area contributed by atoms with Crippen molar-refractivity contribution >= 4 is 17.3 Å². The highest BCUT2D eigenvalue weighted by molar-refractivity contribution is 5.88. The van der Waals surface area contributed by atoms with E-state index in [2.05, 4.69) is 35.3 Å². The minimum Gasteiger partial charge on any atom is -0.463 e. The molecule has 0 bridgehead atoms. The number of H-pyrrole nitrogens is 1. The molecule has 0 aromatic carbocycles. The van der Waals surface area contributed by atoms with Gasteiger partial charge in [-0.25, -0.2) is 4.79 Å². The molecule has 0 atom stereocenters. The summed E-state index contributed by atoms with van der Waals surface area (Å²) in [5.74, 6) is -0.549. The van der Waals surface area contributed by atoms with E-state index in [0.717, 1.165) is 0 Å². The van der Waals surface area contributed by atoms with Crippen molar-refractivity contribution in [2.45, 2.75) is 0 Å². The van der Waals surface area contributed by atoms with Gasteiger partial charge in [-0.05, 0) is 10.4 Å². The molecule has 8 nitrogen and oxygen atoms in total. The molecule has 0 saturated carbocycles. The Morgan fingerprint density at radius 2 is 2.15 bits per heavy atom. The van der Waals surface area contributed by atoms with Gasteiger partial charge in [0.25, 0.3) is 0 Å². The number of ether oxygens (including phenoxy) is 1. The minimum absolute atomic E-state index is 0.0345. The number of rotatable bonds is 1. The number of hydrogen-bond donors (Lipinski definition) is 1. The number of carbonyl (C=O) groups excluding carboxylic acids is 1. The third-order valence-corrected chi connectivity index (χ3v) is 1.37. The third kappa shape index (κ3) is 1.17. The first kappa shape index (κ1) is 7.53. The van der Waals surface area contributed by atoms with E-state index in [1.165, 1.54) is 7.11 Å². The largest absolute Gasteiger partial charge is 0.463 e. The van der Waals surface area contributed by atoms with Gasteiger partial charge >= 0.3 is 5.97 Å². The molecule has 8 heteroatoms.